The number of sulfonamides is 1. The first kappa shape index (κ1) is 20.0. The number of ether oxygens (including phenoxy) is 2. The second-order valence-corrected chi connectivity index (χ2v) is 6.42. The van der Waals surface area contributed by atoms with E-state index in [1.165, 1.54) is 25.3 Å². The molecule has 0 radical (unpaired) electrons. The molecular formula is C14H15N5O7S. The summed E-state index contributed by atoms with van der Waals surface area (Å²) in [4.78, 5) is 34.4. The molecule has 0 aliphatic heterocycles. The number of aromatic nitrogens is 3. The summed E-state index contributed by atoms with van der Waals surface area (Å²) in [6.07, 6.45) is 0. The van der Waals surface area contributed by atoms with Crippen LogP contribution in [0.3, 0.4) is 0 Å². The van der Waals surface area contributed by atoms with E-state index in [9.17, 15) is 18.0 Å². The lowest BCUT2D eigenvalue weighted by Crippen LogP contribution is -2.35. The van der Waals surface area contributed by atoms with Crippen molar-refractivity contribution in [1.29, 1.82) is 0 Å². The van der Waals surface area contributed by atoms with Gasteiger partial charge in [-0.2, -0.15) is 15.0 Å². The molecule has 2 rings (SSSR count). The van der Waals surface area contributed by atoms with Crippen LogP contribution in [0.4, 0.5) is 10.7 Å². The summed E-state index contributed by atoms with van der Waals surface area (Å²) in [6.45, 7) is -0.556. The van der Waals surface area contributed by atoms with Gasteiger partial charge in [-0.3, -0.25) is 5.32 Å². The van der Waals surface area contributed by atoms with Crippen LogP contribution in [0.1, 0.15) is 16.2 Å². The number of hydrogen-bond donors (Lipinski definition) is 3. The standard InChI is InChI=1S/C14H15N5O7S/c1-25-11(21)8-5-3-4-6-9(8)27(23,24)19-13(22)17-12-15-10(7-20)16-14(18-12)26-2/h3-6,20H,7H2,1-2H3,(H2,15,16,17,18,19,22). The molecule has 0 saturated carbocycles. The Morgan fingerprint density at radius 3 is 2.48 bits per heavy atom. The van der Waals surface area contributed by atoms with Crippen LogP contribution in [0.25, 0.3) is 0 Å². The van der Waals surface area contributed by atoms with Crippen LogP contribution in [-0.4, -0.2) is 54.7 Å². The van der Waals surface area contributed by atoms with Crippen LogP contribution in [0, 0.1) is 0 Å². The highest BCUT2D eigenvalue weighted by Gasteiger charge is 2.25. The number of aliphatic hydroxyl groups is 1. The van der Waals surface area contributed by atoms with E-state index in [0.717, 1.165) is 13.2 Å². The SMILES string of the molecule is COC(=O)c1ccccc1S(=O)(=O)NC(=O)Nc1nc(CO)nc(OC)n1. The van der Waals surface area contributed by atoms with Gasteiger partial charge >= 0.3 is 18.0 Å². The number of aliphatic hydroxyl groups excluding tert-OH is 1. The lowest BCUT2D eigenvalue weighted by molar-refractivity contribution is 0.0596. The minimum absolute atomic E-state index is 0.101. The molecule has 27 heavy (non-hydrogen) atoms. The fraction of sp³-hybridized carbons (Fsp3) is 0.214. The molecule has 1 heterocycles. The van der Waals surface area contributed by atoms with E-state index in [4.69, 9.17) is 9.84 Å². The molecule has 0 aliphatic rings. The highest BCUT2D eigenvalue weighted by Crippen LogP contribution is 2.16. The average molecular weight is 397 g/mol. The molecule has 0 atom stereocenters. The molecule has 0 fully saturated rings. The number of rotatable bonds is 6. The highest BCUT2D eigenvalue weighted by atomic mass is 32.2. The van der Waals surface area contributed by atoms with E-state index in [2.05, 4.69) is 25.0 Å². The zero-order valence-electron chi connectivity index (χ0n) is 14.2. The van der Waals surface area contributed by atoms with Crippen LogP contribution in [0.15, 0.2) is 29.2 Å². The van der Waals surface area contributed by atoms with Crippen molar-refractivity contribution in [3.05, 3.63) is 35.7 Å². The molecule has 144 valence electrons. The smallest absolute Gasteiger partial charge is 0.339 e. The predicted octanol–water partition coefficient (Wildman–Crippen LogP) is -0.331. The fourth-order valence-corrected chi connectivity index (χ4v) is 3.00. The summed E-state index contributed by atoms with van der Waals surface area (Å²) >= 11 is 0. The Morgan fingerprint density at radius 2 is 1.85 bits per heavy atom. The Bertz CT molecular complexity index is 942. The van der Waals surface area contributed by atoms with E-state index < -0.39 is 33.5 Å². The number of carbonyl (C=O) groups excluding carboxylic acids is 2. The normalized spacial score (nSPS) is 10.8. The van der Waals surface area contributed by atoms with Crippen molar-refractivity contribution in [2.24, 2.45) is 0 Å². The average Bonchev–Trinajstić information content (AvgIpc) is 2.66. The molecule has 13 heteroatoms. The topological polar surface area (TPSA) is 170 Å². The van der Waals surface area contributed by atoms with Crippen molar-refractivity contribution in [1.82, 2.24) is 19.7 Å². The lowest BCUT2D eigenvalue weighted by Gasteiger charge is -2.11. The van der Waals surface area contributed by atoms with Gasteiger partial charge in [0.15, 0.2) is 5.82 Å². The van der Waals surface area contributed by atoms with Crippen LogP contribution < -0.4 is 14.8 Å². The molecule has 0 aliphatic carbocycles. The van der Waals surface area contributed by atoms with E-state index in [0.29, 0.717) is 0 Å². The van der Waals surface area contributed by atoms with Gasteiger partial charge in [-0.1, -0.05) is 12.1 Å². The minimum atomic E-state index is -4.41. The van der Waals surface area contributed by atoms with Gasteiger partial charge in [0.2, 0.25) is 5.95 Å². The zero-order chi connectivity index (χ0) is 20.0. The van der Waals surface area contributed by atoms with E-state index in [-0.39, 0.29) is 23.3 Å². The summed E-state index contributed by atoms with van der Waals surface area (Å²) in [7, 11) is -2.06. The Labute approximate surface area is 153 Å². The maximum atomic E-state index is 12.4. The maximum absolute atomic E-state index is 12.4. The third-order valence-corrected chi connectivity index (χ3v) is 4.41. The molecular weight excluding hydrogens is 382 g/mol. The number of carbonyl (C=O) groups is 2. The molecule has 1 aromatic carbocycles. The predicted molar refractivity (Wildman–Crippen MR) is 89.4 cm³/mol. The molecule has 0 bridgehead atoms. The number of amides is 2. The van der Waals surface area contributed by atoms with E-state index >= 15 is 0 Å². The first-order valence-corrected chi connectivity index (χ1v) is 8.70. The van der Waals surface area contributed by atoms with Crippen molar-refractivity contribution in [2.75, 3.05) is 19.5 Å². The molecule has 12 nitrogen and oxygen atoms in total. The zero-order valence-corrected chi connectivity index (χ0v) is 15.0. The van der Waals surface area contributed by atoms with Crippen molar-refractivity contribution >= 4 is 28.0 Å². The summed E-state index contributed by atoms with van der Waals surface area (Å²) in [6, 6.07) is 3.80. The molecule has 0 saturated heterocycles. The van der Waals surface area contributed by atoms with Gasteiger partial charge in [0.25, 0.3) is 10.0 Å². The number of hydrogen-bond acceptors (Lipinski definition) is 10. The quantitative estimate of drug-likeness (QED) is 0.548. The molecule has 0 spiro atoms. The second kappa shape index (κ2) is 8.37. The van der Waals surface area contributed by atoms with Crippen molar-refractivity contribution in [2.45, 2.75) is 11.5 Å². The van der Waals surface area contributed by atoms with Crippen molar-refractivity contribution in [3.63, 3.8) is 0 Å². The third-order valence-electron chi connectivity index (χ3n) is 3.02. The molecule has 2 amide bonds. The minimum Gasteiger partial charge on any atom is -0.467 e. The van der Waals surface area contributed by atoms with Gasteiger partial charge in [0.1, 0.15) is 11.5 Å². The molecule has 1 aromatic heterocycles. The fourth-order valence-electron chi connectivity index (χ4n) is 1.90. The van der Waals surface area contributed by atoms with Crippen molar-refractivity contribution in [3.8, 4) is 6.01 Å². The molecule has 0 unspecified atom stereocenters. The van der Waals surface area contributed by atoms with Crippen LogP contribution >= 0.6 is 0 Å². The number of nitrogens with one attached hydrogen (secondary N) is 2. The first-order valence-electron chi connectivity index (χ1n) is 7.21. The van der Waals surface area contributed by atoms with Gasteiger partial charge in [-0.05, 0) is 12.1 Å². The number of urea groups is 1. The number of nitrogens with zero attached hydrogens (tertiary/aromatic N) is 3. The summed E-state index contributed by atoms with van der Waals surface area (Å²) in [5.74, 6) is -1.33. The summed E-state index contributed by atoms with van der Waals surface area (Å²) < 4.78 is 35.9. The van der Waals surface area contributed by atoms with Crippen LogP contribution in [0.5, 0.6) is 6.01 Å². The molecule has 2 aromatic rings. The Balaban J connectivity index is 2.24. The Morgan fingerprint density at radius 1 is 1.15 bits per heavy atom. The summed E-state index contributed by atoms with van der Waals surface area (Å²) in [5.41, 5.74) is -0.246. The van der Waals surface area contributed by atoms with E-state index in [1.54, 1.807) is 4.72 Å². The van der Waals surface area contributed by atoms with Gasteiger partial charge in [-0.25, -0.2) is 22.7 Å². The molecule has 3 N–H and O–H groups in total. The number of methoxy groups -OCH3 is 2. The highest BCUT2D eigenvalue weighted by molar-refractivity contribution is 7.90. The van der Waals surface area contributed by atoms with Crippen molar-refractivity contribution < 1.29 is 32.6 Å². The number of anilines is 1. The Kier molecular flexibility index (Phi) is 6.20. The van der Waals surface area contributed by atoms with Gasteiger partial charge in [-0.15, -0.1) is 0 Å². The second-order valence-electron chi connectivity index (χ2n) is 4.77. The van der Waals surface area contributed by atoms with Crippen LogP contribution in [0.2, 0.25) is 0 Å². The van der Waals surface area contributed by atoms with Gasteiger partial charge in [0.05, 0.1) is 19.8 Å². The first-order chi connectivity index (χ1) is 12.8. The number of benzene rings is 1. The number of esters is 1. The monoisotopic (exact) mass is 397 g/mol. The van der Waals surface area contributed by atoms with E-state index in [1.807, 2.05) is 0 Å². The Hall–Kier alpha value is -3.32. The van der Waals surface area contributed by atoms with Gasteiger partial charge in [0, 0.05) is 0 Å². The third kappa shape index (κ3) is 4.86. The lowest BCUT2D eigenvalue weighted by atomic mass is 10.2. The maximum Gasteiger partial charge on any atom is 0.339 e. The van der Waals surface area contributed by atoms with Gasteiger partial charge < -0.3 is 14.6 Å². The largest absolute Gasteiger partial charge is 0.467 e. The van der Waals surface area contributed by atoms with Crippen LogP contribution in [-0.2, 0) is 21.4 Å². The summed E-state index contributed by atoms with van der Waals surface area (Å²) in [5, 5.41) is 11.2.